The number of aliphatic hydroxyl groups excluding tert-OH is 2. The second-order valence-corrected chi connectivity index (χ2v) is 26.2. The van der Waals surface area contributed by atoms with Gasteiger partial charge in [-0.1, -0.05) is 39.3 Å². The van der Waals surface area contributed by atoms with Crippen molar-refractivity contribution in [3.63, 3.8) is 0 Å². The highest BCUT2D eigenvalue weighted by Crippen LogP contribution is 2.44. The van der Waals surface area contributed by atoms with Crippen molar-refractivity contribution < 1.29 is 101 Å². The average Bonchev–Trinajstić information content (AvgIpc) is 1.97. The number of rotatable bonds is 23. The molecule has 0 bridgehead atoms. The topological polar surface area (TPSA) is 263 Å². The minimum absolute atomic E-state index is 0.00579. The van der Waals surface area contributed by atoms with Gasteiger partial charge in [-0.25, -0.2) is 24.0 Å². The third-order valence-corrected chi connectivity index (χ3v) is 17.0. The van der Waals surface area contributed by atoms with Gasteiger partial charge in [0.2, 0.25) is 0 Å². The van der Waals surface area contributed by atoms with Gasteiger partial charge >= 0.3 is 35.8 Å². The number of hydrogen-bond acceptors (Lipinski definition) is 21. The molecule has 21 heteroatoms. The lowest BCUT2D eigenvalue weighted by Gasteiger charge is -2.41. The first-order valence-electron chi connectivity index (χ1n) is 31.7. The fraction of sp³-hybridized carbons (Fsp3) is 0.765. The molecule has 7 aliphatic rings. The van der Waals surface area contributed by atoms with Crippen LogP contribution in [0, 0.1) is 0 Å². The summed E-state index contributed by atoms with van der Waals surface area (Å²) < 4.78 is 71.8. The molecule has 0 aromatic rings. The van der Waals surface area contributed by atoms with Crippen LogP contribution in [0.2, 0.25) is 0 Å². The summed E-state index contributed by atoms with van der Waals surface area (Å²) in [5.41, 5.74) is -1.29. The summed E-state index contributed by atoms with van der Waals surface area (Å²) in [5.74, 6) is -2.17. The van der Waals surface area contributed by atoms with Gasteiger partial charge in [-0.15, -0.1) is 0 Å². The van der Waals surface area contributed by atoms with E-state index in [9.17, 15) is 28.8 Å². The second-order valence-electron chi connectivity index (χ2n) is 26.2. The van der Waals surface area contributed by atoms with Crippen LogP contribution >= 0.6 is 0 Å². The largest absolute Gasteiger partial charge is 0.463 e. The molecule has 0 spiro atoms. The van der Waals surface area contributed by atoms with Crippen LogP contribution < -0.4 is 0 Å². The van der Waals surface area contributed by atoms with Crippen LogP contribution in [0.5, 0.6) is 0 Å². The van der Waals surface area contributed by atoms with Crippen molar-refractivity contribution in [2.24, 2.45) is 0 Å². The van der Waals surface area contributed by atoms with E-state index in [0.29, 0.717) is 35.5 Å². The summed E-state index contributed by atoms with van der Waals surface area (Å²) in [4.78, 5) is 68.7. The van der Waals surface area contributed by atoms with Gasteiger partial charge < -0.3 is 71.8 Å². The molecule has 89 heavy (non-hydrogen) atoms. The first-order valence-corrected chi connectivity index (χ1v) is 31.7. The predicted octanol–water partition coefficient (Wildman–Crippen LogP) is 10.1. The van der Waals surface area contributed by atoms with E-state index in [1.807, 2.05) is 27.7 Å². The molecule has 2 N–H and O–H groups in total. The van der Waals surface area contributed by atoms with Crippen LogP contribution in [0.25, 0.3) is 0 Å². The number of carbonyl (C=O) groups excluding carboxylic acids is 6. The smallest absolute Gasteiger partial charge is 0.333 e. The molecule has 7 fully saturated rings. The van der Waals surface area contributed by atoms with Gasteiger partial charge in [0.15, 0.2) is 0 Å². The van der Waals surface area contributed by atoms with E-state index < -0.39 is 45.9 Å². The van der Waals surface area contributed by atoms with E-state index in [-0.39, 0.29) is 98.8 Å². The van der Waals surface area contributed by atoms with Gasteiger partial charge in [0.05, 0.1) is 87.5 Å². The number of carbonyl (C=O) groups is 6. The molecule has 0 aromatic carbocycles. The van der Waals surface area contributed by atoms with E-state index in [4.69, 9.17) is 71.8 Å². The summed E-state index contributed by atoms with van der Waals surface area (Å²) >= 11 is 0. The van der Waals surface area contributed by atoms with E-state index in [1.165, 1.54) is 13.3 Å². The average molecular weight is 1260 g/mol. The van der Waals surface area contributed by atoms with Crippen LogP contribution in [0.1, 0.15) is 198 Å². The highest BCUT2D eigenvalue weighted by atomic mass is 16.6. The van der Waals surface area contributed by atoms with Crippen molar-refractivity contribution in [1.82, 2.24) is 0 Å². The molecule has 2 aliphatic carbocycles. The Balaban J connectivity index is 0.000000292. The second kappa shape index (κ2) is 37.0. The number of ether oxygens (including phenoxy) is 13. The SMILES string of the molecule is C=C(C)C(=O)OC(C)(C)C1CCC(CO)O1.C=C(C)C(=O)OC(C)(C)C1CCC(COC(C)=O)O1.C=C(C)C(=O)OC1(C2CCC(COC)O2)CCCC1.C=C(C)C(=O)OC1(C2CCC(COC)O2)CCCCC1.C=CC(=O)OC(C)(C)C1CCC(CO)O1. The maximum absolute atomic E-state index is 12.0. The van der Waals surface area contributed by atoms with Crippen molar-refractivity contribution in [2.75, 3.05) is 47.3 Å². The Hall–Kier alpha value is -4.84. The zero-order valence-electron chi connectivity index (χ0n) is 56.0. The third-order valence-electron chi connectivity index (χ3n) is 17.0. The molecule has 0 radical (unpaired) electrons. The quantitative estimate of drug-likeness (QED) is 0.0547. The van der Waals surface area contributed by atoms with Crippen molar-refractivity contribution >= 4 is 35.8 Å². The lowest BCUT2D eigenvalue weighted by molar-refractivity contribution is -0.182. The Labute approximate surface area is 530 Å². The minimum atomic E-state index is -0.721. The standard InChI is InChI=1S/C16H26O4.C15H24O4.C14H22O5.C12H20O4.C11H18O4/c1-12(2)15(17)20-16(9-5-4-6-10-16)14-8-7-13(19-14)11-18-3;1-11(2)14(16)19-15(8-4-5-9-15)13-7-6-12(18-13)10-17-3;1-9(2)13(16)19-14(4,5)12-7-6-11(18-12)8-17-10(3)15;1-8(2)11(14)16-12(3,4)10-6-5-9(7-13)15-10;1-4-10(13)15-11(2,3)9-6-5-8(7-12)14-9/h13-14H,1,4-11H2,2-3H3;12-13H,1,4-10H2,2-3H3;11-12H,1,6-8H2,2-5H3;9-10,13H,1,5-7H2,2-4H3;4,8-9,12H,1,5-7H2,2-3H3. The number of esters is 6. The molecule has 7 rings (SSSR count). The zero-order valence-corrected chi connectivity index (χ0v) is 56.0. The van der Waals surface area contributed by atoms with E-state index in [1.54, 1.807) is 55.8 Å². The summed E-state index contributed by atoms with van der Waals surface area (Å²) in [6, 6.07) is 0. The number of aliphatic hydroxyl groups is 2. The van der Waals surface area contributed by atoms with Crippen LogP contribution in [-0.2, 0) is 90.3 Å². The van der Waals surface area contributed by atoms with Crippen LogP contribution in [0.15, 0.2) is 61.3 Å². The van der Waals surface area contributed by atoms with Crippen LogP contribution in [0.4, 0.5) is 0 Å². The highest BCUT2D eigenvalue weighted by Gasteiger charge is 2.50. The van der Waals surface area contributed by atoms with Gasteiger partial charge in [-0.05, 0) is 185 Å². The molecule has 0 aromatic heterocycles. The van der Waals surface area contributed by atoms with E-state index in [0.717, 1.165) is 122 Å². The van der Waals surface area contributed by atoms with E-state index in [2.05, 4.69) is 32.9 Å². The minimum Gasteiger partial charge on any atom is -0.463 e. The third kappa shape index (κ3) is 25.3. The predicted molar refractivity (Wildman–Crippen MR) is 333 cm³/mol. The first-order chi connectivity index (χ1) is 41.7. The Bertz CT molecular complexity index is 2340. The van der Waals surface area contributed by atoms with Crippen LogP contribution in [0.3, 0.4) is 0 Å². The van der Waals surface area contributed by atoms with Crippen molar-refractivity contribution in [2.45, 2.75) is 287 Å². The molecule has 10 unspecified atom stereocenters. The van der Waals surface area contributed by atoms with Gasteiger partial charge in [-0.3, -0.25) is 4.79 Å². The molecule has 5 heterocycles. The van der Waals surface area contributed by atoms with Gasteiger partial charge in [0.1, 0.15) is 34.6 Å². The fourth-order valence-corrected chi connectivity index (χ4v) is 11.9. The Morgan fingerprint density at radius 3 is 1.08 bits per heavy atom. The zero-order chi connectivity index (χ0) is 66.9. The van der Waals surface area contributed by atoms with Crippen molar-refractivity contribution in [1.29, 1.82) is 0 Å². The lowest BCUT2D eigenvalue weighted by Crippen LogP contribution is -2.48. The molecule has 2 saturated carbocycles. The molecule has 10 atom stereocenters. The molecular formula is C68H110O21. The van der Waals surface area contributed by atoms with Crippen molar-refractivity contribution in [3.05, 3.63) is 61.3 Å². The normalized spacial score (nSPS) is 26.7. The maximum Gasteiger partial charge on any atom is 0.333 e. The summed E-state index contributed by atoms with van der Waals surface area (Å²) in [6.45, 7) is 38.1. The summed E-state index contributed by atoms with van der Waals surface area (Å²) in [5, 5.41) is 17.9. The Kier molecular flexibility index (Phi) is 32.6. The number of methoxy groups -OCH3 is 2. The fourth-order valence-electron chi connectivity index (χ4n) is 11.9. The lowest BCUT2D eigenvalue weighted by atomic mass is 9.79. The highest BCUT2D eigenvalue weighted by molar-refractivity contribution is 5.88. The Morgan fingerprint density at radius 1 is 0.449 bits per heavy atom. The Morgan fingerprint density at radius 2 is 0.764 bits per heavy atom. The molecule has 5 aliphatic heterocycles. The van der Waals surface area contributed by atoms with Crippen molar-refractivity contribution in [3.8, 4) is 0 Å². The van der Waals surface area contributed by atoms with Gasteiger partial charge in [-0.2, -0.15) is 0 Å². The van der Waals surface area contributed by atoms with Crippen LogP contribution in [-0.4, -0.2) is 182 Å². The van der Waals surface area contributed by atoms with Gasteiger partial charge in [0.25, 0.3) is 0 Å². The summed E-state index contributed by atoms with van der Waals surface area (Å²) in [6.07, 6.45) is 18.3. The van der Waals surface area contributed by atoms with E-state index >= 15 is 0 Å². The molecular weight excluding hydrogens is 1150 g/mol. The molecule has 0 amide bonds. The first kappa shape index (κ1) is 78.4. The maximum atomic E-state index is 12.0. The molecule has 508 valence electrons. The monoisotopic (exact) mass is 1260 g/mol. The molecule has 21 nitrogen and oxygen atoms in total. The number of hydrogen-bond donors (Lipinski definition) is 2. The van der Waals surface area contributed by atoms with Gasteiger partial charge in [0, 0.05) is 49.5 Å². The summed E-state index contributed by atoms with van der Waals surface area (Å²) in [7, 11) is 3.37. The molecule has 5 saturated heterocycles.